The molecule has 9 aromatic rings. The third-order valence-corrected chi connectivity index (χ3v) is 14.6. The standard InChI is InChI=1S/C49H32NOP/c51-52(37-16-5-2-6-17-37)46-25-12-9-21-41(46)49(43-32-36(30-31-47(43)52)35-28-26-34(27-29-35)33-14-3-1-4-15-33)40-20-8-11-24-45(40)50-44-23-10-7-18-38(44)39-19-13-22-42(49)48(39)50/h1-32H. The fourth-order valence-electron chi connectivity index (χ4n) is 9.32. The van der Waals surface area contributed by atoms with E-state index in [2.05, 4.69) is 168 Å². The second-order valence-electron chi connectivity index (χ2n) is 14.0. The average molecular weight is 682 g/mol. The molecule has 52 heavy (non-hydrogen) atoms. The van der Waals surface area contributed by atoms with Crippen LogP contribution in [-0.4, -0.2) is 4.57 Å². The van der Waals surface area contributed by atoms with Crippen LogP contribution in [0.25, 0.3) is 49.7 Å². The molecule has 3 heteroatoms. The first-order valence-electron chi connectivity index (χ1n) is 17.9. The topological polar surface area (TPSA) is 22.0 Å². The van der Waals surface area contributed by atoms with Crippen LogP contribution in [-0.2, 0) is 9.98 Å². The van der Waals surface area contributed by atoms with Crippen molar-refractivity contribution in [3.05, 3.63) is 216 Å². The minimum Gasteiger partial charge on any atom is -0.309 e. The van der Waals surface area contributed by atoms with E-state index in [4.69, 9.17) is 0 Å². The van der Waals surface area contributed by atoms with Crippen molar-refractivity contribution in [2.24, 2.45) is 0 Å². The summed E-state index contributed by atoms with van der Waals surface area (Å²) in [7, 11) is -3.31. The highest BCUT2D eigenvalue weighted by atomic mass is 31.2. The van der Waals surface area contributed by atoms with Gasteiger partial charge in [-0.25, -0.2) is 0 Å². The molecule has 0 fully saturated rings. The molecule has 0 saturated heterocycles. The first kappa shape index (κ1) is 29.5. The molecule has 2 atom stereocenters. The number of hydrogen-bond donors (Lipinski definition) is 0. The van der Waals surface area contributed by atoms with Gasteiger partial charge in [0.2, 0.25) is 0 Å². The number of rotatable bonds is 3. The lowest BCUT2D eigenvalue weighted by atomic mass is 9.62. The molecular formula is C49H32NOP. The molecule has 8 aromatic carbocycles. The van der Waals surface area contributed by atoms with E-state index in [-0.39, 0.29) is 0 Å². The summed E-state index contributed by atoms with van der Waals surface area (Å²) in [5, 5.41) is 5.13. The summed E-state index contributed by atoms with van der Waals surface area (Å²) in [5.41, 5.74) is 12.0. The number of benzene rings is 8. The summed E-state index contributed by atoms with van der Waals surface area (Å²) in [4.78, 5) is 0. The largest absolute Gasteiger partial charge is 0.309 e. The van der Waals surface area contributed by atoms with Gasteiger partial charge in [-0.05, 0) is 68.8 Å². The van der Waals surface area contributed by atoms with Gasteiger partial charge in [0.15, 0.2) is 7.14 Å². The van der Waals surface area contributed by atoms with Gasteiger partial charge in [-0.3, -0.25) is 0 Å². The molecule has 0 aliphatic carbocycles. The van der Waals surface area contributed by atoms with Gasteiger partial charge >= 0.3 is 0 Å². The third-order valence-electron chi connectivity index (χ3n) is 11.5. The fraction of sp³-hybridized carbons (Fsp3) is 0.0204. The van der Waals surface area contributed by atoms with Crippen LogP contribution in [0.2, 0.25) is 0 Å². The lowest BCUT2D eigenvalue weighted by Crippen LogP contribution is -2.48. The van der Waals surface area contributed by atoms with Gasteiger partial charge in [0.1, 0.15) is 0 Å². The lowest BCUT2D eigenvalue weighted by molar-refractivity contribution is 0.590. The Morgan fingerprint density at radius 1 is 0.404 bits per heavy atom. The molecule has 1 aromatic heterocycles. The van der Waals surface area contributed by atoms with E-state index in [1.165, 1.54) is 44.1 Å². The van der Waals surface area contributed by atoms with E-state index in [0.29, 0.717) is 0 Å². The summed E-state index contributed by atoms with van der Waals surface area (Å²) in [5.74, 6) is 0. The minimum absolute atomic E-state index is 0.727. The highest BCUT2D eigenvalue weighted by Crippen LogP contribution is 2.61. The second kappa shape index (κ2) is 10.9. The van der Waals surface area contributed by atoms with E-state index in [0.717, 1.165) is 43.9 Å². The third kappa shape index (κ3) is 3.77. The number of fused-ring (bicyclic) bond motifs is 11. The molecule has 2 nitrogen and oxygen atoms in total. The van der Waals surface area contributed by atoms with Gasteiger partial charge in [-0.2, -0.15) is 0 Å². The van der Waals surface area contributed by atoms with Crippen LogP contribution in [0.15, 0.2) is 194 Å². The van der Waals surface area contributed by atoms with E-state index in [9.17, 15) is 0 Å². The summed E-state index contributed by atoms with van der Waals surface area (Å²) < 4.78 is 18.7. The normalized spacial score (nSPS) is 18.2. The molecule has 2 aliphatic rings. The maximum absolute atomic E-state index is 16.3. The first-order valence-corrected chi connectivity index (χ1v) is 19.6. The average Bonchev–Trinajstić information content (AvgIpc) is 3.57. The lowest BCUT2D eigenvalue weighted by Gasteiger charge is -2.47. The van der Waals surface area contributed by atoms with Crippen molar-refractivity contribution in [1.29, 1.82) is 0 Å². The highest BCUT2D eigenvalue weighted by Gasteiger charge is 2.54. The molecule has 2 unspecified atom stereocenters. The highest BCUT2D eigenvalue weighted by molar-refractivity contribution is 7.85. The van der Waals surface area contributed by atoms with Crippen molar-refractivity contribution in [1.82, 2.24) is 4.57 Å². The zero-order chi connectivity index (χ0) is 34.4. The second-order valence-corrected chi connectivity index (χ2v) is 16.7. The van der Waals surface area contributed by atoms with Crippen molar-refractivity contribution >= 4 is 44.9 Å². The van der Waals surface area contributed by atoms with Gasteiger partial charge in [-0.1, -0.05) is 170 Å². The van der Waals surface area contributed by atoms with Crippen LogP contribution < -0.4 is 15.9 Å². The van der Waals surface area contributed by atoms with Crippen LogP contribution in [0, 0.1) is 0 Å². The summed E-state index contributed by atoms with van der Waals surface area (Å²) in [6.07, 6.45) is 0. The molecule has 2 aliphatic heterocycles. The zero-order valence-electron chi connectivity index (χ0n) is 28.3. The molecular weight excluding hydrogens is 650 g/mol. The summed E-state index contributed by atoms with van der Waals surface area (Å²) in [6, 6.07) is 69.1. The number of para-hydroxylation sites is 3. The molecule has 11 rings (SSSR count). The summed E-state index contributed by atoms with van der Waals surface area (Å²) in [6.45, 7) is 0. The number of hydrogen-bond acceptors (Lipinski definition) is 1. The monoisotopic (exact) mass is 681 g/mol. The molecule has 0 amide bonds. The molecule has 0 saturated carbocycles. The SMILES string of the molecule is O=P1(c2ccccc2)c2ccccc2C2(c3ccccc3-n3c4ccccc4c4cccc2c43)c2cc(-c3ccc(-c4ccccc4)cc3)ccc21. The molecule has 3 heterocycles. The predicted octanol–water partition coefficient (Wildman–Crippen LogP) is 10.8. The quantitative estimate of drug-likeness (QED) is 0.170. The van der Waals surface area contributed by atoms with E-state index in [1.807, 2.05) is 30.3 Å². The van der Waals surface area contributed by atoms with Gasteiger partial charge in [0.05, 0.1) is 22.1 Å². The van der Waals surface area contributed by atoms with Gasteiger partial charge < -0.3 is 9.13 Å². The van der Waals surface area contributed by atoms with Crippen molar-refractivity contribution < 1.29 is 4.57 Å². The van der Waals surface area contributed by atoms with Gasteiger partial charge in [-0.15, -0.1) is 0 Å². The van der Waals surface area contributed by atoms with Crippen LogP contribution >= 0.6 is 7.14 Å². The van der Waals surface area contributed by atoms with Crippen LogP contribution in [0.3, 0.4) is 0 Å². The van der Waals surface area contributed by atoms with E-state index < -0.39 is 12.6 Å². The Morgan fingerprint density at radius 2 is 0.962 bits per heavy atom. The Hall–Kier alpha value is -6.21. The molecule has 0 radical (unpaired) electrons. The maximum Gasteiger partial charge on any atom is 0.171 e. The number of aromatic nitrogens is 1. The predicted molar refractivity (Wildman–Crippen MR) is 216 cm³/mol. The zero-order valence-corrected chi connectivity index (χ0v) is 29.2. The van der Waals surface area contributed by atoms with Gasteiger partial charge in [0, 0.05) is 26.7 Å². The molecule has 0 bridgehead atoms. The maximum atomic E-state index is 16.3. The van der Waals surface area contributed by atoms with Crippen LogP contribution in [0.1, 0.15) is 22.3 Å². The van der Waals surface area contributed by atoms with Crippen LogP contribution in [0.5, 0.6) is 0 Å². The molecule has 1 spiro atoms. The number of nitrogens with zero attached hydrogens (tertiary/aromatic N) is 1. The van der Waals surface area contributed by atoms with Crippen LogP contribution in [0.4, 0.5) is 0 Å². The van der Waals surface area contributed by atoms with E-state index >= 15 is 4.57 Å². The van der Waals surface area contributed by atoms with Crippen molar-refractivity contribution in [3.8, 4) is 27.9 Å². The Labute approximate surface area is 302 Å². The Balaban J connectivity index is 1.29. The molecule has 0 N–H and O–H groups in total. The first-order chi connectivity index (χ1) is 25.7. The van der Waals surface area contributed by atoms with E-state index in [1.54, 1.807) is 0 Å². The van der Waals surface area contributed by atoms with Crippen molar-refractivity contribution in [2.45, 2.75) is 5.41 Å². The van der Waals surface area contributed by atoms with Crippen molar-refractivity contribution in [2.75, 3.05) is 0 Å². The Kier molecular flexibility index (Phi) is 6.18. The Bertz CT molecular complexity index is 2920. The van der Waals surface area contributed by atoms with Crippen molar-refractivity contribution in [3.63, 3.8) is 0 Å². The smallest absolute Gasteiger partial charge is 0.171 e. The Morgan fingerprint density at radius 3 is 1.77 bits per heavy atom. The summed E-state index contributed by atoms with van der Waals surface area (Å²) >= 11 is 0. The minimum atomic E-state index is -3.31. The molecule has 244 valence electrons. The fourth-order valence-corrected chi connectivity index (χ4v) is 12.5. The van der Waals surface area contributed by atoms with Gasteiger partial charge in [0.25, 0.3) is 0 Å².